The number of nitrogens with one attached hydrogen (secondary N) is 1. The van der Waals surface area contributed by atoms with Gasteiger partial charge in [-0.15, -0.1) is 0 Å². The van der Waals surface area contributed by atoms with E-state index in [-0.39, 0.29) is 24.5 Å². The van der Waals surface area contributed by atoms with E-state index in [0.29, 0.717) is 12.3 Å². The zero-order valence-corrected chi connectivity index (χ0v) is 18.3. The van der Waals surface area contributed by atoms with Crippen LogP contribution in [0.2, 0.25) is 0 Å². The van der Waals surface area contributed by atoms with Crippen molar-refractivity contribution in [3.05, 3.63) is 64.1 Å². The molecular formula is C22H27BrN2O3. The van der Waals surface area contributed by atoms with Crippen molar-refractivity contribution in [3.8, 4) is 5.75 Å². The fraction of sp³-hybridized carbons (Fsp3) is 0.364. The monoisotopic (exact) mass is 446 g/mol. The molecule has 0 saturated carbocycles. The van der Waals surface area contributed by atoms with Gasteiger partial charge in [-0.2, -0.15) is 0 Å². The van der Waals surface area contributed by atoms with Gasteiger partial charge in [0.2, 0.25) is 5.91 Å². The number of hydrogen-bond acceptors (Lipinski definition) is 3. The Hall–Kier alpha value is -2.34. The molecule has 28 heavy (non-hydrogen) atoms. The van der Waals surface area contributed by atoms with Crippen LogP contribution in [0.1, 0.15) is 31.9 Å². The van der Waals surface area contributed by atoms with Crippen LogP contribution in [0.4, 0.5) is 0 Å². The summed E-state index contributed by atoms with van der Waals surface area (Å²) in [4.78, 5) is 27.0. The van der Waals surface area contributed by atoms with E-state index >= 15 is 0 Å². The first-order valence-corrected chi connectivity index (χ1v) is 10.1. The van der Waals surface area contributed by atoms with Gasteiger partial charge < -0.3 is 15.0 Å². The summed E-state index contributed by atoms with van der Waals surface area (Å²) in [7, 11) is 0. The molecule has 150 valence electrons. The summed E-state index contributed by atoms with van der Waals surface area (Å²) < 4.78 is 6.56. The maximum atomic E-state index is 12.9. The van der Waals surface area contributed by atoms with Crippen LogP contribution in [-0.2, 0) is 16.1 Å². The van der Waals surface area contributed by atoms with E-state index in [9.17, 15) is 9.59 Å². The summed E-state index contributed by atoms with van der Waals surface area (Å²) in [5, 5.41) is 2.87. The molecule has 0 radical (unpaired) electrons. The van der Waals surface area contributed by atoms with Gasteiger partial charge in [0.1, 0.15) is 11.8 Å². The van der Waals surface area contributed by atoms with Crippen molar-refractivity contribution in [3.63, 3.8) is 0 Å². The SMILES string of the molecule is Cc1ccc(CN(C(=O)COc2ccc(Br)cc2)C(C)C(=O)NC(C)C)cc1. The second-order valence-corrected chi connectivity index (χ2v) is 8.00. The quantitative estimate of drug-likeness (QED) is 0.664. The Bertz CT molecular complexity index is 788. The molecule has 2 rings (SSSR count). The van der Waals surface area contributed by atoms with Gasteiger partial charge in [0.05, 0.1) is 0 Å². The van der Waals surface area contributed by atoms with Crippen LogP contribution in [0.15, 0.2) is 53.0 Å². The van der Waals surface area contributed by atoms with Crippen molar-refractivity contribution >= 4 is 27.7 Å². The van der Waals surface area contributed by atoms with Gasteiger partial charge in [0.15, 0.2) is 6.61 Å². The molecule has 1 N–H and O–H groups in total. The number of carbonyl (C=O) groups is 2. The van der Waals surface area contributed by atoms with Crippen molar-refractivity contribution in [2.75, 3.05) is 6.61 Å². The molecular weight excluding hydrogens is 420 g/mol. The first kappa shape index (κ1) is 22.0. The van der Waals surface area contributed by atoms with Crippen molar-refractivity contribution in [1.29, 1.82) is 0 Å². The Labute approximate surface area is 175 Å². The van der Waals surface area contributed by atoms with Crippen LogP contribution < -0.4 is 10.1 Å². The summed E-state index contributed by atoms with van der Waals surface area (Å²) in [5.41, 5.74) is 2.11. The van der Waals surface area contributed by atoms with Gasteiger partial charge >= 0.3 is 0 Å². The fourth-order valence-corrected chi connectivity index (χ4v) is 2.90. The van der Waals surface area contributed by atoms with Crippen LogP contribution in [-0.4, -0.2) is 35.4 Å². The highest BCUT2D eigenvalue weighted by atomic mass is 79.9. The summed E-state index contributed by atoms with van der Waals surface area (Å²) in [5.74, 6) is 0.181. The number of nitrogens with zero attached hydrogens (tertiary/aromatic N) is 1. The lowest BCUT2D eigenvalue weighted by molar-refractivity contribution is -0.142. The summed E-state index contributed by atoms with van der Waals surface area (Å²) in [6.45, 7) is 7.75. The van der Waals surface area contributed by atoms with Crippen LogP contribution >= 0.6 is 15.9 Å². The van der Waals surface area contributed by atoms with Crippen molar-refractivity contribution < 1.29 is 14.3 Å². The van der Waals surface area contributed by atoms with E-state index in [1.54, 1.807) is 24.0 Å². The molecule has 1 unspecified atom stereocenters. The molecule has 2 aromatic rings. The second kappa shape index (κ2) is 10.3. The van der Waals surface area contributed by atoms with Crippen molar-refractivity contribution in [2.45, 2.75) is 46.3 Å². The predicted octanol–water partition coefficient (Wildman–Crippen LogP) is 4.08. The molecule has 6 heteroatoms. The van der Waals surface area contributed by atoms with Gasteiger partial charge in [-0.1, -0.05) is 45.8 Å². The smallest absolute Gasteiger partial charge is 0.261 e. The Morgan fingerprint density at radius 2 is 1.64 bits per heavy atom. The number of benzene rings is 2. The van der Waals surface area contributed by atoms with Gasteiger partial charge in [0.25, 0.3) is 5.91 Å². The van der Waals surface area contributed by atoms with Gasteiger partial charge in [-0.3, -0.25) is 9.59 Å². The highest BCUT2D eigenvalue weighted by molar-refractivity contribution is 9.10. The number of ether oxygens (including phenoxy) is 1. The summed E-state index contributed by atoms with van der Waals surface area (Å²) >= 11 is 3.37. The van der Waals surface area contributed by atoms with E-state index in [2.05, 4.69) is 21.2 Å². The van der Waals surface area contributed by atoms with Gasteiger partial charge in [0, 0.05) is 17.1 Å². The Balaban J connectivity index is 2.12. The third-order valence-electron chi connectivity index (χ3n) is 4.25. The molecule has 0 saturated heterocycles. The molecule has 0 aromatic heterocycles. The first-order valence-electron chi connectivity index (χ1n) is 9.30. The summed E-state index contributed by atoms with van der Waals surface area (Å²) in [6.07, 6.45) is 0. The fourth-order valence-electron chi connectivity index (χ4n) is 2.64. The molecule has 5 nitrogen and oxygen atoms in total. The van der Waals surface area contributed by atoms with E-state index in [4.69, 9.17) is 4.74 Å². The number of amides is 2. The lowest BCUT2D eigenvalue weighted by atomic mass is 10.1. The lowest BCUT2D eigenvalue weighted by Crippen LogP contribution is -2.50. The normalized spacial score (nSPS) is 11.8. The minimum Gasteiger partial charge on any atom is -0.484 e. The average Bonchev–Trinajstić information content (AvgIpc) is 2.65. The third-order valence-corrected chi connectivity index (χ3v) is 4.78. The highest BCUT2D eigenvalue weighted by Gasteiger charge is 2.26. The molecule has 2 aromatic carbocycles. The minimum absolute atomic E-state index is 0.00490. The maximum Gasteiger partial charge on any atom is 0.261 e. The Morgan fingerprint density at radius 1 is 1.04 bits per heavy atom. The van der Waals surface area contributed by atoms with Crippen LogP contribution in [0.25, 0.3) is 0 Å². The molecule has 0 aliphatic heterocycles. The van der Waals surface area contributed by atoms with E-state index in [0.717, 1.165) is 15.6 Å². The standard InChI is InChI=1S/C22H27BrN2O3/c1-15(2)24-22(27)17(4)25(13-18-7-5-16(3)6-8-18)21(26)14-28-20-11-9-19(23)10-12-20/h5-12,15,17H,13-14H2,1-4H3,(H,24,27). The molecule has 2 amide bonds. The topological polar surface area (TPSA) is 58.6 Å². The predicted molar refractivity (Wildman–Crippen MR) is 114 cm³/mol. The Morgan fingerprint density at radius 3 is 2.21 bits per heavy atom. The molecule has 0 aliphatic rings. The van der Waals surface area contributed by atoms with Gasteiger partial charge in [-0.05, 0) is 57.5 Å². The molecule has 0 bridgehead atoms. The molecule has 0 fully saturated rings. The molecule has 0 heterocycles. The van der Waals surface area contributed by atoms with Crippen LogP contribution in [0.3, 0.4) is 0 Å². The lowest BCUT2D eigenvalue weighted by Gasteiger charge is -2.29. The van der Waals surface area contributed by atoms with Crippen molar-refractivity contribution in [1.82, 2.24) is 10.2 Å². The minimum atomic E-state index is -0.607. The van der Waals surface area contributed by atoms with E-state index in [1.165, 1.54) is 0 Å². The zero-order valence-electron chi connectivity index (χ0n) is 16.7. The number of halogens is 1. The molecule has 0 aliphatic carbocycles. The van der Waals surface area contributed by atoms with Crippen LogP contribution in [0.5, 0.6) is 5.75 Å². The second-order valence-electron chi connectivity index (χ2n) is 7.09. The first-order chi connectivity index (χ1) is 13.3. The molecule has 1 atom stereocenters. The zero-order chi connectivity index (χ0) is 20.7. The highest BCUT2D eigenvalue weighted by Crippen LogP contribution is 2.17. The van der Waals surface area contributed by atoms with Crippen molar-refractivity contribution in [2.24, 2.45) is 0 Å². The average molecular weight is 447 g/mol. The Kier molecular flexibility index (Phi) is 8.05. The number of aryl methyl sites for hydroxylation is 1. The van der Waals surface area contributed by atoms with E-state index in [1.807, 2.05) is 57.2 Å². The number of carbonyl (C=O) groups excluding carboxylic acids is 2. The number of hydrogen-bond donors (Lipinski definition) is 1. The summed E-state index contributed by atoms with van der Waals surface area (Å²) in [6, 6.07) is 14.6. The largest absolute Gasteiger partial charge is 0.484 e. The maximum absolute atomic E-state index is 12.9. The van der Waals surface area contributed by atoms with Crippen LogP contribution in [0, 0.1) is 6.92 Å². The third kappa shape index (κ3) is 6.68. The van der Waals surface area contributed by atoms with Gasteiger partial charge in [-0.25, -0.2) is 0 Å². The molecule has 0 spiro atoms. The van der Waals surface area contributed by atoms with E-state index < -0.39 is 6.04 Å². The number of rotatable bonds is 8.